The summed E-state index contributed by atoms with van der Waals surface area (Å²) < 4.78 is 11.3. The third kappa shape index (κ3) is 4.77. The van der Waals surface area contributed by atoms with Crippen molar-refractivity contribution in [2.24, 2.45) is 5.10 Å². The number of nitrogens with one attached hydrogen (secondary N) is 1. The van der Waals surface area contributed by atoms with Gasteiger partial charge in [0.25, 0.3) is 0 Å². The monoisotopic (exact) mass is 366 g/mol. The van der Waals surface area contributed by atoms with Crippen molar-refractivity contribution in [1.82, 2.24) is 0 Å². The lowest BCUT2D eigenvalue weighted by Gasteiger charge is -2.11. The zero-order valence-electron chi connectivity index (χ0n) is 14.4. The number of hydrogen-bond acceptors (Lipinski definition) is 4. The lowest BCUT2D eigenvalue weighted by molar-refractivity contribution is 0.284. The molecule has 1 N–H and O–H groups in total. The molecule has 4 nitrogen and oxygen atoms in total. The smallest absolute Gasteiger partial charge is 0.162 e. The lowest BCUT2D eigenvalue weighted by Crippen LogP contribution is -1.99. The highest BCUT2D eigenvalue weighted by atomic mass is 35.5. The summed E-state index contributed by atoms with van der Waals surface area (Å²) in [6, 6.07) is 23.1. The molecular weight excluding hydrogens is 348 g/mol. The second-order valence-electron chi connectivity index (χ2n) is 5.53. The zero-order valence-corrected chi connectivity index (χ0v) is 15.1. The van der Waals surface area contributed by atoms with E-state index in [9.17, 15) is 0 Å². The predicted molar refractivity (Wildman–Crippen MR) is 106 cm³/mol. The van der Waals surface area contributed by atoms with Crippen LogP contribution in [0.3, 0.4) is 0 Å². The fourth-order valence-electron chi connectivity index (χ4n) is 2.35. The molecule has 0 amide bonds. The minimum Gasteiger partial charge on any atom is -0.493 e. The normalized spacial score (nSPS) is 10.7. The number of ether oxygens (including phenoxy) is 2. The van der Waals surface area contributed by atoms with Gasteiger partial charge < -0.3 is 9.47 Å². The second kappa shape index (κ2) is 8.92. The van der Waals surface area contributed by atoms with Gasteiger partial charge in [0.2, 0.25) is 0 Å². The molecule has 0 aliphatic heterocycles. The third-order valence-corrected chi connectivity index (χ3v) is 4.03. The van der Waals surface area contributed by atoms with Gasteiger partial charge in [0, 0.05) is 0 Å². The fourth-order valence-corrected chi connectivity index (χ4v) is 2.53. The van der Waals surface area contributed by atoms with Crippen LogP contribution < -0.4 is 14.9 Å². The van der Waals surface area contributed by atoms with Gasteiger partial charge in [-0.25, -0.2) is 0 Å². The lowest BCUT2D eigenvalue weighted by atomic mass is 10.2. The number of nitrogens with zero attached hydrogens (tertiary/aromatic N) is 1. The summed E-state index contributed by atoms with van der Waals surface area (Å²) in [7, 11) is 1.62. The van der Waals surface area contributed by atoms with Crippen LogP contribution in [0.1, 0.15) is 11.1 Å². The van der Waals surface area contributed by atoms with Crippen LogP contribution >= 0.6 is 11.6 Å². The van der Waals surface area contributed by atoms with E-state index in [0.29, 0.717) is 23.1 Å². The van der Waals surface area contributed by atoms with Crippen LogP contribution in [0.2, 0.25) is 5.02 Å². The molecule has 0 unspecified atom stereocenters. The standard InChI is InChI=1S/C21H19ClN2O2/c1-25-20-12-11-17(14-23-24-19-10-6-5-9-18(19)22)13-21(20)26-15-16-7-3-2-4-8-16/h2-14,24H,15H2,1H3/b23-14-. The molecule has 0 saturated heterocycles. The predicted octanol–water partition coefficient (Wildman–Crippen LogP) is 5.37. The Kier molecular flexibility index (Phi) is 6.12. The van der Waals surface area contributed by atoms with Gasteiger partial charge in [-0.1, -0.05) is 54.1 Å². The first kappa shape index (κ1) is 17.8. The Labute approximate surface area is 158 Å². The van der Waals surface area contributed by atoms with Crippen molar-refractivity contribution in [3.05, 3.63) is 88.9 Å². The number of anilines is 1. The Hall–Kier alpha value is -2.98. The molecule has 26 heavy (non-hydrogen) atoms. The number of para-hydroxylation sites is 1. The summed E-state index contributed by atoms with van der Waals surface area (Å²) in [6.07, 6.45) is 1.71. The van der Waals surface area contributed by atoms with E-state index in [1.54, 1.807) is 13.3 Å². The first-order valence-electron chi connectivity index (χ1n) is 8.14. The van der Waals surface area contributed by atoms with E-state index in [2.05, 4.69) is 10.5 Å². The molecule has 0 atom stereocenters. The molecule has 132 valence electrons. The number of halogens is 1. The summed E-state index contributed by atoms with van der Waals surface area (Å²) in [5.41, 5.74) is 5.66. The molecule has 5 heteroatoms. The van der Waals surface area contributed by atoms with Gasteiger partial charge in [0.05, 0.1) is 24.0 Å². The molecule has 0 aliphatic carbocycles. The summed E-state index contributed by atoms with van der Waals surface area (Å²) in [5, 5.41) is 4.85. The first-order chi connectivity index (χ1) is 12.8. The van der Waals surface area contributed by atoms with Gasteiger partial charge >= 0.3 is 0 Å². The summed E-state index contributed by atoms with van der Waals surface area (Å²) in [5.74, 6) is 1.34. The second-order valence-corrected chi connectivity index (χ2v) is 5.94. The Bertz CT molecular complexity index is 882. The molecule has 0 spiro atoms. The van der Waals surface area contributed by atoms with Crippen molar-refractivity contribution in [3.63, 3.8) is 0 Å². The van der Waals surface area contributed by atoms with Crippen molar-refractivity contribution in [2.75, 3.05) is 12.5 Å². The van der Waals surface area contributed by atoms with Crippen molar-refractivity contribution in [1.29, 1.82) is 0 Å². The van der Waals surface area contributed by atoms with Crippen LogP contribution in [-0.4, -0.2) is 13.3 Å². The zero-order chi connectivity index (χ0) is 18.2. The molecular formula is C21H19ClN2O2. The van der Waals surface area contributed by atoms with Gasteiger partial charge in [0.15, 0.2) is 11.5 Å². The van der Waals surface area contributed by atoms with E-state index in [-0.39, 0.29) is 0 Å². The number of rotatable bonds is 7. The summed E-state index contributed by atoms with van der Waals surface area (Å²) >= 11 is 6.10. The highest BCUT2D eigenvalue weighted by Gasteiger charge is 2.06. The van der Waals surface area contributed by atoms with Gasteiger partial charge in [-0.3, -0.25) is 5.43 Å². The molecule has 0 fully saturated rings. The quantitative estimate of drug-likeness (QED) is 0.451. The van der Waals surface area contributed by atoms with Crippen LogP contribution in [0.5, 0.6) is 11.5 Å². The molecule has 0 heterocycles. The van der Waals surface area contributed by atoms with Gasteiger partial charge in [0.1, 0.15) is 6.61 Å². The van der Waals surface area contributed by atoms with Crippen LogP contribution in [0.25, 0.3) is 0 Å². The summed E-state index contributed by atoms with van der Waals surface area (Å²) in [6.45, 7) is 0.468. The van der Waals surface area contributed by atoms with Crippen molar-refractivity contribution >= 4 is 23.5 Å². The third-order valence-electron chi connectivity index (χ3n) is 3.70. The molecule has 3 rings (SSSR count). The molecule has 0 bridgehead atoms. The van der Waals surface area contributed by atoms with E-state index in [1.165, 1.54) is 0 Å². The van der Waals surface area contributed by atoms with E-state index in [1.807, 2.05) is 72.8 Å². The van der Waals surface area contributed by atoms with Gasteiger partial charge in [-0.15, -0.1) is 0 Å². The number of hydrogen-bond donors (Lipinski definition) is 1. The molecule has 0 aliphatic rings. The maximum Gasteiger partial charge on any atom is 0.162 e. The van der Waals surface area contributed by atoms with Gasteiger partial charge in [-0.2, -0.15) is 5.10 Å². The molecule has 3 aromatic rings. The van der Waals surface area contributed by atoms with Crippen molar-refractivity contribution in [2.45, 2.75) is 6.61 Å². The Morgan fingerprint density at radius 3 is 2.50 bits per heavy atom. The van der Waals surface area contributed by atoms with E-state index < -0.39 is 0 Å². The largest absolute Gasteiger partial charge is 0.493 e. The molecule has 0 radical (unpaired) electrons. The number of methoxy groups -OCH3 is 1. The van der Waals surface area contributed by atoms with E-state index in [0.717, 1.165) is 16.8 Å². The maximum atomic E-state index is 6.10. The Morgan fingerprint density at radius 2 is 1.73 bits per heavy atom. The van der Waals surface area contributed by atoms with Gasteiger partial charge in [-0.05, 0) is 41.5 Å². The molecule has 0 aromatic heterocycles. The highest BCUT2D eigenvalue weighted by molar-refractivity contribution is 6.33. The average Bonchev–Trinajstić information content (AvgIpc) is 2.69. The van der Waals surface area contributed by atoms with Crippen molar-refractivity contribution < 1.29 is 9.47 Å². The topological polar surface area (TPSA) is 42.8 Å². The highest BCUT2D eigenvalue weighted by Crippen LogP contribution is 2.28. The van der Waals surface area contributed by atoms with Crippen LogP contribution in [0.4, 0.5) is 5.69 Å². The Morgan fingerprint density at radius 1 is 0.962 bits per heavy atom. The van der Waals surface area contributed by atoms with Crippen LogP contribution in [0, 0.1) is 0 Å². The minimum absolute atomic E-state index is 0.468. The van der Waals surface area contributed by atoms with Crippen molar-refractivity contribution in [3.8, 4) is 11.5 Å². The van der Waals surface area contributed by atoms with E-state index >= 15 is 0 Å². The van der Waals surface area contributed by atoms with Crippen LogP contribution in [-0.2, 0) is 6.61 Å². The minimum atomic E-state index is 0.468. The SMILES string of the molecule is COc1ccc(/C=N\Nc2ccccc2Cl)cc1OCc1ccccc1. The molecule has 0 saturated carbocycles. The molecule has 3 aromatic carbocycles. The Balaban J connectivity index is 1.70. The van der Waals surface area contributed by atoms with Crippen LogP contribution in [0.15, 0.2) is 77.9 Å². The maximum absolute atomic E-state index is 6.10. The first-order valence-corrected chi connectivity index (χ1v) is 8.52. The fraction of sp³-hybridized carbons (Fsp3) is 0.0952. The number of hydrazone groups is 1. The van der Waals surface area contributed by atoms with E-state index in [4.69, 9.17) is 21.1 Å². The summed E-state index contributed by atoms with van der Waals surface area (Å²) in [4.78, 5) is 0. The average molecular weight is 367 g/mol. The number of benzene rings is 3.